The Hall–Kier alpha value is -3.52. The maximum Gasteiger partial charge on any atom is 0.221 e. The first-order chi connectivity index (χ1) is 15.5. The van der Waals surface area contributed by atoms with Crippen molar-refractivity contribution in [2.75, 3.05) is 6.61 Å². The van der Waals surface area contributed by atoms with Crippen LogP contribution in [0.15, 0.2) is 48.8 Å². The average Bonchev–Trinajstić information content (AvgIpc) is 3.38. The smallest absolute Gasteiger partial charge is 0.221 e. The molecule has 8 heteroatoms. The lowest BCUT2D eigenvalue weighted by Gasteiger charge is -2.11. The lowest BCUT2D eigenvalue weighted by atomic mass is 9.99. The van der Waals surface area contributed by atoms with Crippen molar-refractivity contribution in [1.29, 1.82) is 0 Å². The van der Waals surface area contributed by atoms with Crippen molar-refractivity contribution in [1.82, 2.24) is 19.7 Å². The number of amides is 1. The molecule has 32 heavy (non-hydrogen) atoms. The molecule has 0 bridgehead atoms. The summed E-state index contributed by atoms with van der Waals surface area (Å²) in [6, 6.07) is 14.2. The number of primary amides is 1. The summed E-state index contributed by atoms with van der Waals surface area (Å²) in [5.41, 5.74) is 10.2. The Morgan fingerprint density at radius 3 is 2.88 bits per heavy atom. The van der Waals surface area contributed by atoms with Crippen LogP contribution in [0.5, 0.6) is 5.75 Å². The largest absolute Gasteiger partial charge is 0.492 e. The molecular weight excluding hydrogens is 422 g/mol. The van der Waals surface area contributed by atoms with Crippen LogP contribution in [0.25, 0.3) is 33.2 Å². The molecule has 0 unspecified atom stereocenters. The molecule has 162 valence electrons. The van der Waals surface area contributed by atoms with E-state index < -0.39 is 0 Å². The van der Waals surface area contributed by atoms with Crippen LogP contribution >= 0.6 is 11.3 Å². The van der Waals surface area contributed by atoms with E-state index in [2.05, 4.69) is 36.1 Å². The molecule has 1 aliphatic heterocycles. The third kappa shape index (κ3) is 3.78. The number of thiazole rings is 1. The van der Waals surface area contributed by atoms with Crippen molar-refractivity contribution >= 4 is 17.2 Å². The Labute approximate surface area is 189 Å². The normalized spacial score (nSPS) is 12.7. The van der Waals surface area contributed by atoms with Crippen molar-refractivity contribution in [2.45, 2.75) is 32.7 Å². The van der Waals surface area contributed by atoms with Gasteiger partial charge in [0.05, 0.1) is 18.7 Å². The zero-order valence-electron chi connectivity index (χ0n) is 17.9. The van der Waals surface area contributed by atoms with Crippen LogP contribution in [0.4, 0.5) is 0 Å². The Morgan fingerprint density at radius 1 is 1.22 bits per heavy atom. The number of carbonyl (C=O) groups is 1. The van der Waals surface area contributed by atoms with Gasteiger partial charge in [-0.05, 0) is 42.7 Å². The highest BCUT2D eigenvalue weighted by Crippen LogP contribution is 2.41. The molecule has 0 saturated heterocycles. The number of rotatable bonds is 5. The number of nitrogens with two attached hydrogens (primary N) is 1. The molecule has 2 aromatic heterocycles. The van der Waals surface area contributed by atoms with Crippen molar-refractivity contribution in [3.8, 4) is 39.0 Å². The highest BCUT2D eigenvalue weighted by molar-refractivity contribution is 7.15. The number of hydrogen-bond donors (Lipinski definition) is 1. The second kappa shape index (κ2) is 8.20. The number of aromatic nitrogens is 4. The molecule has 0 atom stereocenters. The van der Waals surface area contributed by atoms with E-state index in [0.717, 1.165) is 51.0 Å². The third-order valence-corrected chi connectivity index (χ3v) is 6.52. The molecule has 7 nitrogen and oxygen atoms in total. The van der Waals surface area contributed by atoms with E-state index in [4.69, 9.17) is 15.5 Å². The van der Waals surface area contributed by atoms with E-state index in [1.807, 2.05) is 35.0 Å². The molecule has 0 fully saturated rings. The van der Waals surface area contributed by atoms with Crippen LogP contribution in [0.2, 0.25) is 0 Å². The van der Waals surface area contributed by atoms with E-state index >= 15 is 0 Å². The number of nitrogens with zero attached hydrogens (tertiary/aromatic N) is 4. The van der Waals surface area contributed by atoms with E-state index in [0.29, 0.717) is 6.61 Å². The summed E-state index contributed by atoms with van der Waals surface area (Å²) in [5.74, 6) is 1.26. The number of benzene rings is 2. The summed E-state index contributed by atoms with van der Waals surface area (Å²) in [7, 11) is 0. The zero-order valence-corrected chi connectivity index (χ0v) is 18.7. The fourth-order valence-electron chi connectivity index (χ4n) is 3.94. The summed E-state index contributed by atoms with van der Waals surface area (Å²) in [4.78, 5) is 21.9. The highest BCUT2D eigenvalue weighted by Gasteiger charge is 2.23. The molecule has 3 heterocycles. The second-order valence-corrected chi connectivity index (χ2v) is 9.15. The number of hydrogen-bond acceptors (Lipinski definition) is 6. The number of fused-ring (bicyclic) bond motifs is 3. The zero-order chi connectivity index (χ0) is 22.2. The molecular formula is C24H23N5O2S. The number of ether oxygens (including phenoxy) is 1. The first-order valence-corrected chi connectivity index (χ1v) is 11.4. The monoisotopic (exact) mass is 445 g/mol. The van der Waals surface area contributed by atoms with Gasteiger partial charge in [-0.15, -0.1) is 11.3 Å². The SMILES string of the molecule is CC(C)n1ncnc1-c1nc2c(s1)CCOc1cc(-c3cccc(CC(N)=O)c3)ccc1-2. The molecule has 0 aliphatic carbocycles. The molecule has 2 N–H and O–H groups in total. The minimum absolute atomic E-state index is 0.208. The minimum Gasteiger partial charge on any atom is -0.492 e. The van der Waals surface area contributed by atoms with Crippen molar-refractivity contribution < 1.29 is 9.53 Å². The maximum absolute atomic E-state index is 11.3. The average molecular weight is 446 g/mol. The fourth-order valence-corrected chi connectivity index (χ4v) is 4.99. The van der Waals surface area contributed by atoms with Gasteiger partial charge >= 0.3 is 0 Å². The van der Waals surface area contributed by atoms with Gasteiger partial charge in [-0.2, -0.15) is 5.10 Å². The number of carbonyl (C=O) groups excluding carboxylic acids is 1. The minimum atomic E-state index is -0.340. The maximum atomic E-state index is 11.3. The fraction of sp³-hybridized carbons (Fsp3) is 0.250. The molecule has 0 radical (unpaired) electrons. The van der Waals surface area contributed by atoms with Crippen LogP contribution in [-0.4, -0.2) is 32.3 Å². The second-order valence-electron chi connectivity index (χ2n) is 8.07. The quantitative estimate of drug-likeness (QED) is 0.495. The van der Waals surface area contributed by atoms with E-state index in [1.165, 1.54) is 4.88 Å². The predicted molar refractivity (Wildman–Crippen MR) is 124 cm³/mol. The summed E-state index contributed by atoms with van der Waals surface area (Å²) in [5, 5.41) is 5.22. The van der Waals surface area contributed by atoms with Gasteiger partial charge in [0.15, 0.2) is 10.8 Å². The molecule has 5 rings (SSSR count). The molecule has 4 aromatic rings. The van der Waals surface area contributed by atoms with E-state index in [1.54, 1.807) is 17.7 Å². The standard InChI is InChI=1S/C24H23N5O2S/c1-14(2)29-23(26-13-27-29)24-28-22-18-7-6-17(12-19(18)31-9-8-20(22)32-24)16-5-3-4-15(10-16)11-21(25)30/h3-7,10,12-14H,8-9,11H2,1-2H3,(H2,25,30). The molecule has 1 aliphatic rings. The van der Waals surface area contributed by atoms with Crippen LogP contribution in [0, 0.1) is 0 Å². The van der Waals surface area contributed by atoms with Gasteiger partial charge < -0.3 is 10.5 Å². The van der Waals surface area contributed by atoms with Gasteiger partial charge in [0, 0.05) is 22.9 Å². The lowest BCUT2D eigenvalue weighted by molar-refractivity contribution is -0.117. The molecule has 1 amide bonds. The Balaban J connectivity index is 1.54. The van der Waals surface area contributed by atoms with Crippen molar-refractivity contribution in [3.05, 3.63) is 59.2 Å². The van der Waals surface area contributed by atoms with Gasteiger partial charge in [-0.25, -0.2) is 14.6 Å². The van der Waals surface area contributed by atoms with Gasteiger partial charge in [0.2, 0.25) is 5.91 Å². The molecule has 0 saturated carbocycles. The lowest BCUT2D eigenvalue weighted by Crippen LogP contribution is -2.13. The highest BCUT2D eigenvalue weighted by atomic mass is 32.1. The van der Waals surface area contributed by atoms with Gasteiger partial charge in [-0.1, -0.05) is 30.3 Å². The third-order valence-electron chi connectivity index (χ3n) is 5.41. The topological polar surface area (TPSA) is 95.9 Å². The van der Waals surface area contributed by atoms with Gasteiger partial charge in [0.25, 0.3) is 0 Å². The van der Waals surface area contributed by atoms with E-state index in [-0.39, 0.29) is 18.4 Å². The van der Waals surface area contributed by atoms with E-state index in [9.17, 15) is 4.79 Å². The van der Waals surface area contributed by atoms with Crippen molar-refractivity contribution in [2.24, 2.45) is 5.73 Å². The summed E-state index contributed by atoms with van der Waals surface area (Å²) in [6.45, 7) is 4.75. The summed E-state index contributed by atoms with van der Waals surface area (Å²) < 4.78 is 8.00. The molecule has 2 aromatic carbocycles. The van der Waals surface area contributed by atoms with Crippen LogP contribution in [-0.2, 0) is 17.6 Å². The van der Waals surface area contributed by atoms with Crippen LogP contribution < -0.4 is 10.5 Å². The summed E-state index contributed by atoms with van der Waals surface area (Å²) in [6.07, 6.45) is 2.60. The summed E-state index contributed by atoms with van der Waals surface area (Å²) >= 11 is 1.65. The Kier molecular flexibility index (Phi) is 5.22. The molecule has 0 spiro atoms. The predicted octanol–water partition coefficient (Wildman–Crippen LogP) is 4.28. The Morgan fingerprint density at radius 2 is 2.06 bits per heavy atom. The van der Waals surface area contributed by atoms with Gasteiger partial charge in [0.1, 0.15) is 12.1 Å². The first kappa shape index (κ1) is 20.4. The van der Waals surface area contributed by atoms with Gasteiger partial charge in [-0.3, -0.25) is 4.79 Å². The first-order valence-electron chi connectivity index (χ1n) is 10.5. The van der Waals surface area contributed by atoms with Crippen LogP contribution in [0.1, 0.15) is 30.3 Å². The Bertz CT molecular complexity index is 1310. The van der Waals surface area contributed by atoms with Crippen LogP contribution in [0.3, 0.4) is 0 Å². The van der Waals surface area contributed by atoms with Crippen molar-refractivity contribution in [3.63, 3.8) is 0 Å².